The first-order valence-corrected chi connectivity index (χ1v) is 6.84. The van der Waals surface area contributed by atoms with Crippen LogP contribution in [0.4, 0.5) is 0 Å². The molecule has 0 aliphatic rings. The molecular weight excluding hydrogens is 156 g/mol. The van der Waals surface area contributed by atoms with Gasteiger partial charge in [-0.2, -0.15) is 0 Å². The first kappa shape index (κ1) is 10.7. The monoisotopic (exact) mass is 174 g/mol. The van der Waals surface area contributed by atoms with Gasteiger partial charge < -0.3 is 4.43 Å². The van der Waals surface area contributed by atoms with Gasteiger partial charge in [-0.25, -0.2) is 0 Å². The van der Waals surface area contributed by atoms with Crippen LogP contribution >= 0.6 is 0 Å². The third-order valence-electron chi connectivity index (χ3n) is 1.48. The molecule has 1 unspecified atom stereocenters. The van der Waals surface area contributed by atoms with E-state index in [0.29, 0.717) is 6.42 Å². The zero-order chi connectivity index (χ0) is 8.69. The van der Waals surface area contributed by atoms with E-state index < -0.39 is 9.04 Å². The lowest BCUT2D eigenvalue weighted by atomic mass is 10.4. The fourth-order valence-electron chi connectivity index (χ4n) is 0.953. The summed E-state index contributed by atoms with van der Waals surface area (Å²) in [5, 5.41) is 0. The highest BCUT2D eigenvalue weighted by Gasteiger charge is 2.08. The Morgan fingerprint density at radius 2 is 2.00 bits per heavy atom. The Kier molecular flexibility index (Phi) is 6.22. The molecule has 11 heavy (non-hydrogen) atoms. The topological polar surface area (TPSA) is 26.3 Å². The lowest BCUT2D eigenvalue weighted by Gasteiger charge is -2.09. The largest absolute Gasteiger partial charge is 0.522 e. The molecule has 0 aromatic carbocycles. The van der Waals surface area contributed by atoms with E-state index >= 15 is 0 Å². The van der Waals surface area contributed by atoms with E-state index in [-0.39, 0.29) is 5.97 Å². The lowest BCUT2D eigenvalue weighted by Crippen LogP contribution is -2.17. The molecule has 0 aliphatic heterocycles. The van der Waals surface area contributed by atoms with Crippen molar-refractivity contribution in [2.24, 2.45) is 0 Å². The van der Waals surface area contributed by atoms with Crippen molar-refractivity contribution in [1.29, 1.82) is 0 Å². The van der Waals surface area contributed by atoms with Crippen LogP contribution in [0.5, 0.6) is 0 Å². The molecule has 0 fully saturated rings. The van der Waals surface area contributed by atoms with Crippen LogP contribution in [0.2, 0.25) is 12.6 Å². The molecule has 1 atom stereocenters. The fourth-order valence-corrected chi connectivity index (χ4v) is 2.45. The van der Waals surface area contributed by atoms with Crippen molar-refractivity contribution in [2.45, 2.75) is 45.7 Å². The molecule has 0 aromatic rings. The summed E-state index contributed by atoms with van der Waals surface area (Å²) >= 11 is 0. The maximum Gasteiger partial charge on any atom is 0.292 e. The molecule has 0 spiro atoms. The van der Waals surface area contributed by atoms with Gasteiger partial charge in [0, 0.05) is 6.42 Å². The summed E-state index contributed by atoms with van der Waals surface area (Å²) in [4.78, 5) is 10.9. The predicted octanol–water partition coefficient (Wildman–Crippen LogP) is 2.09. The summed E-state index contributed by atoms with van der Waals surface area (Å²) < 4.78 is 5.23. The van der Waals surface area contributed by atoms with Gasteiger partial charge >= 0.3 is 0 Å². The van der Waals surface area contributed by atoms with Gasteiger partial charge in [0.05, 0.1) is 0 Å². The molecule has 0 aromatic heterocycles. The predicted molar refractivity (Wildman–Crippen MR) is 49.1 cm³/mol. The second-order valence-corrected chi connectivity index (χ2v) is 5.27. The number of rotatable bonds is 5. The maximum atomic E-state index is 10.9. The summed E-state index contributed by atoms with van der Waals surface area (Å²) in [5.74, 6) is 0.000108. The van der Waals surface area contributed by atoms with Crippen LogP contribution in [0, 0.1) is 0 Å². The van der Waals surface area contributed by atoms with E-state index in [1.54, 1.807) is 0 Å². The minimum atomic E-state index is -1.14. The first-order valence-electron chi connectivity index (χ1n) is 4.40. The van der Waals surface area contributed by atoms with Crippen LogP contribution in [0.25, 0.3) is 0 Å². The minimum Gasteiger partial charge on any atom is -0.522 e. The van der Waals surface area contributed by atoms with Crippen molar-refractivity contribution >= 4 is 15.0 Å². The summed E-state index contributed by atoms with van der Waals surface area (Å²) in [6.07, 6.45) is 2.61. The Bertz CT molecular complexity index is 115. The molecule has 0 N–H and O–H groups in total. The molecule has 0 heterocycles. The average molecular weight is 174 g/mol. The molecule has 0 bridgehead atoms. The quantitative estimate of drug-likeness (QED) is 0.597. The number of carbonyl (C=O) groups is 1. The van der Waals surface area contributed by atoms with Crippen LogP contribution in [0.1, 0.15) is 33.1 Å². The lowest BCUT2D eigenvalue weighted by molar-refractivity contribution is -0.134. The highest BCUT2D eigenvalue weighted by molar-refractivity contribution is 6.52. The minimum absolute atomic E-state index is 0.000108. The first-order chi connectivity index (χ1) is 5.20. The van der Waals surface area contributed by atoms with Crippen LogP contribution in [0.15, 0.2) is 0 Å². The molecule has 3 heteroatoms. The van der Waals surface area contributed by atoms with E-state index in [4.69, 9.17) is 4.43 Å². The summed E-state index contributed by atoms with van der Waals surface area (Å²) in [6, 6.07) is 1.11. The van der Waals surface area contributed by atoms with Crippen molar-refractivity contribution in [1.82, 2.24) is 0 Å². The standard InChI is InChI=1S/C8H18O2Si/c1-4-6-8(9)10-11(3)7-5-2/h11H,4-7H2,1-3H3. The average Bonchev–Trinajstić information content (AvgIpc) is 1.87. The number of hydrogen-bond acceptors (Lipinski definition) is 2. The maximum absolute atomic E-state index is 10.9. The number of hydrogen-bond donors (Lipinski definition) is 0. The van der Waals surface area contributed by atoms with Crippen LogP contribution in [-0.2, 0) is 9.22 Å². The molecule has 0 saturated heterocycles. The van der Waals surface area contributed by atoms with Gasteiger partial charge in [0.2, 0.25) is 9.04 Å². The molecular formula is C8H18O2Si. The zero-order valence-electron chi connectivity index (χ0n) is 7.72. The molecule has 0 aliphatic carbocycles. The van der Waals surface area contributed by atoms with Crippen LogP contribution < -0.4 is 0 Å². The molecule has 0 saturated carbocycles. The second-order valence-electron chi connectivity index (χ2n) is 2.84. The SMILES string of the molecule is CCCC(=O)O[SiH](C)CCC. The van der Waals surface area contributed by atoms with Gasteiger partial charge in [-0.05, 0) is 19.0 Å². The molecule has 0 amide bonds. The molecule has 66 valence electrons. The van der Waals surface area contributed by atoms with E-state index in [2.05, 4.69) is 13.5 Å². The van der Waals surface area contributed by atoms with E-state index in [0.717, 1.165) is 18.9 Å². The Morgan fingerprint density at radius 1 is 1.36 bits per heavy atom. The van der Waals surface area contributed by atoms with Crippen molar-refractivity contribution in [3.05, 3.63) is 0 Å². The molecule has 0 radical (unpaired) electrons. The summed E-state index contributed by atoms with van der Waals surface area (Å²) in [6.45, 7) is 6.20. The molecule has 2 nitrogen and oxygen atoms in total. The highest BCUT2D eigenvalue weighted by Crippen LogP contribution is 2.01. The highest BCUT2D eigenvalue weighted by atomic mass is 28.3. The van der Waals surface area contributed by atoms with Crippen molar-refractivity contribution in [2.75, 3.05) is 0 Å². The third kappa shape index (κ3) is 6.10. The van der Waals surface area contributed by atoms with Crippen LogP contribution in [0.3, 0.4) is 0 Å². The normalized spacial score (nSPS) is 12.6. The second kappa shape index (κ2) is 6.40. The van der Waals surface area contributed by atoms with Gasteiger partial charge in [-0.15, -0.1) is 0 Å². The van der Waals surface area contributed by atoms with Crippen molar-refractivity contribution in [3.63, 3.8) is 0 Å². The van der Waals surface area contributed by atoms with Gasteiger partial charge in [0.25, 0.3) is 5.97 Å². The van der Waals surface area contributed by atoms with E-state index in [1.807, 2.05) is 6.92 Å². The van der Waals surface area contributed by atoms with E-state index in [9.17, 15) is 4.79 Å². The Labute approximate surface area is 70.7 Å². The Morgan fingerprint density at radius 3 is 2.45 bits per heavy atom. The van der Waals surface area contributed by atoms with Crippen molar-refractivity contribution in [3.8, 4) is 0 Å². The Balaban J connectivity index is 3.40. The fraction of sp³-hybridized carbons (Fsp3) is 0.875. The van der Waals surface area contributed by atoms with Gasteiger partial charge in [-0.1, -0.05) is 20.3 Å². The van der Waals surface area contributed by atoms with Crippen molar-refractivity contribution < 1.29 is 9.22 Å². The van der Waals surface area contributed by atoms with E-state index in [1.165, 1.54) is 0 Å². The van der Waals surface area contributed by atoms with Gasteiger partial charge in [-0.3, -0.25) is 4.79 Å². The van der Waals surface area contributed by atoms with Gasteiger partial charge in [0.15, 0.2) is 0 Å². The molecule has 0 rings (SSSR count). The van der Waals surface area contributed by atoms with Crippen LogP contribution in [-0.4, -0.2) is 15.0 Å². The number of carbonyl (C=O) groups excluding carboxylic acids is 1. The smallest absolute Gasteiger partial charge is 0.292 e. The third-order valence-corrected chi connectivity index (χ3v) is 3.54. The van der Waals surface area contributed by atoms with Gasteiger partial charge in [0.1, 0.15) is 0 Å². The summed E-state index contributed by atoms with van der Waals surface area (Å²) in [5.41, 5.74) is 0. The summed E-state index contributed by atoms with van der Waals surface area (Å²) in [7, 11) is -1.14. The zero-order valence-corrected chi connectivity index (χ0v) is 8.88. The Hall–Kier alpha value is -0.313.